The first-order chi connectivity index (χ1) is 10.3. The minimum atomic E-state index is 0.651. The van der Waals surface area contributed by atoms with Crippen LogP contribution in [0.2, 0.25) is 0 Å². The zero-order valence-corrected chi connectivity index (χ0v) is 13.4. The standard InChI is InChI=1S/C18H29NO2/c1-3-20-17-12-6-7-13-18(17)21-14-8-11-16(19-2)15-9-4-5-10-15/h6-7,12-13,15-16,19H,3-5,8-11,14H2,1-2H3. The molecule has 0 amide bonds. The van der Waals surface area contributed by atoms with E-state index >= 15 is 0 Å². The largest absolute Gasteiger partial charge is 0.490 e. The number of nitrogens with one attached hydrogen (secondary N) is 1. The molecule has 118 valence electrons. The lowest BCUT2D eigenvalue weighted by Crippen LogP contribution is -2.32. The van der Waals surface area contributed by atoms with E-state index in [-0.39, 0.29) is 0 Å². The van der Waals surface area contributed by atoms with Crippen molar-refractivity contribution < 1.29 is 9.47 Å². The van der Waals surface area contributed by atoms with Gasteiger partial charge in [-0.25, -0.2) is 0 Å². The van der Waals surface area contributed by atoms with E-state index in [9.17, 15) is 0 Å². The first-order valence-corrected chi connectivity index (χ1v) is 8.37. The van der Waals surface area contributed by atoms with Crippen LogP contribution in [0, 0.1) is 5.92 Å². The van der Waals surface area contributed by atoms with Crippen LogP contribution < -0.4 is 14.8 Å². The van der Waals surface area contributed by atoms with Crippen LogP contribution >= 0.6 is 0 Å². The molecular formula is C18H29NO2. The average Bonchev–Trinajstić information content (AvgIpc) is 3.03. The first kappa shape index (κ1) is 16.2. The SMILES string of the molecule is CCOc1ccccc1OCCCC(NC)C1CCCC1. The Labute approximate surface area is 129 Å². The number of rotatable bonds is 9. The van der Waals surface area contributed by atoms with E-state index in [0.29, 0.717) is 12.6 Å². The highest BCUT2D eigenvalue weighted by molar-refractivity contribution is 5.39. The summed E-state index contributed by atoms with van der Waals surface area (Å²) < 4.78 is 11.5. The molecular weight excluding hydrogens is 262 g/mol. The molecule has 1 aromatic rings. The van der Waals surface area contributed by atoms with Crippen LogP contribution in [0.3, 0.4) is 0 Å². The van der Waals surface area contributed by atoms with Gasteiger partial charge in [-0.05, 0) is 57.7 Å². The second kappa shape index (κ2) is 8.93. The molecule has 2 rings (SSSR count). The molecule has 1 aliphatic carbocycles. The van der Waals surface area contributed by atoms with Crippen LogP contribution in [0.25, 0.3) is 0 Å². The fourth-order valence-electron chi connectivity index (χ4n) is 3.31. The molecule has 1 saturated carbocycles. The lowest BCUT2D eigenvalue weighted by Gasteiger charge is -2.23. The van der Waals surface area contributed by atoms with Crippen LogP contribution in [-0.4, -0.2) is 26.3 Å². The van der Waals surface area contributed by atoms with E-state index in [1.165, 1.54) is 32.1 Å². The van der Waals surface area contributed by atoms with Crippen LogP contribution in [0.4, 0.5) is 0 Å². The zero-order valence-electron chi connectivity index (χ0n) is 13.4. The summed E-state index contributed by atoms with van der Waals surface area (Å²) in [6.07, 6.45) is 7.86. The Morgan fingerprint density at radius 3 is 2.43 bits per heavy atom. The van der Waals surface area contributed by atoms with Crippen molar-refractivity contribution in [1.82, 2.24) is 5.32 Å². The van der Waals surface area contributed by atoms with E-state index in [1.54, 1.807) is 0 Å². The fourth-order valence-corrected chi connectivity index (χ4v) is 3.31. The highest BCUT2D eigenvalue weighted by Crippen LogP contribution is 2.30. The monoisotopic (exact) mass is 291 g/mol. The van der Waals surface area contributed by atoms with Gasteiger partial charge in [-0.2, -0.15) is 0 Å². The highest BCUT2D eigenvalue weighted by Gasteiger charge is 2.23. The number of hydrogen-bond acceptors (Lipinski definition) is 3. The van der Waals surface area contributed by atoms with Gasteiger partial charge in [0.25, 0.3) is 0 Å². The van der Waals surface area contributed by atoms with Crippen molar-refractivity contribution in [2.75, 3.05) is 20.3 Å². The Hall–Kier alpha value is -1.22. The predicted octanol–water partition coefficient (Wildman–Crippen LogP) is 4.02. The second-order valence-electron chi connectivity index (χ2n) is 5.81. The number of hydrogen-bond donors (Lipinski definition) is 1. The summed E-state index contributed by atoms with van der Waals surface area (Å²) >= 11 is 0. The van der Waals surface area contributed by atoms with Gasteiger partial charge in [0.1, 0.15) is 0 Å². The van der Waals surface area contributed by atoms with Gasteiger partial charge in [-0.15, -0.1) is 0 Å². The molecule has 0 aromatic heterocycles. The van der Waals surface area contributed by atoms with Crippen molar-refractivity contribution in [2.24, 2.45) is 5.92 Å². The minimum absolute atomic E-state index is 0.651. The highest BCUT2D eigenvalue weighted by atomic mass is 16.5. The maximum absolute atomic E-state index is 5.89. The topological polar surface area (TPSA) is 30.5 Å². The zero-order chi connectivity index (χ0) is 14.9. The summed E-state index contributed by atoms with van der Waals surface area (Å²) in [6, 6.07) is 8.57. The lowest BCUT2D eigenvalue weighted by atomic mass is 9.94. The summed E-state index contributed by atoms with van der Waals surface area (Å²) in [4.78, 5) is 0. The third-order valence-corrected chi connectivity index (χ3v) is 4.41. The van der Waals surface area contributed by atoms with Crippen molar-refractivity contribution in [2.45, 2.75) is 51.5 Å². The van der Waals surface area contributed by atoms with E-state index in [4.69, 9.17) is 9.47 Å². The molecule has 1 N–H and O–H groups in total. The first-order valence-electron chi connectivity index (χ1n) is 8.37. The summed E-state index contributed by atoms with van der Waals surface area (Å²) in [7, 11) is 2.09. The Balaban J connectivity index is 1.73. The van der Waals surface area contributed by atoms with Gasteiger partial charge in [-0.1, -0.05) is 25.0 Å². The van der Waals surface area contributed by atoms with Gasteiger partial charge in [-0.3, -0.25) is 0 Å². The van der Waals surface area contributed by atoms with Crippen LogP contribution in [0.15, 0.2) is 24.3 Å². The van der Waals surface area contributed by atoms with Gasteiger partial charge in [0.05, 0.1) is 13.2 Å². The lowest BCUT2D eigenvalue weighted by molar-refractivity contribution is 0.257. The normalized spacial score (nSPS) is 16.9. The smallest absolute Gasteiger partial charge is 0.161 e. The quantitative estimate of drug-likeness (QED) is 0.697. The second-order valence-corrected chi connectivity index (χ2v) is 5.81. The minimum Gasteiger partial charge on any atom is -0.490 e. The molecule has 0 bridgehead atoms. The predicted molar refractivity (Wildman–Crippen MR) is 87.1 cm³/mol. The van der Waals surface area contributed by atoms with Crippen LogP contribution in [0.5, 0.6) is 11.5 Å². The summed E-state index contributed by atoms with van der Waals surface area (Å²) in [5.74, 6) is 2.58. The Kier molecular flexibility index (Phi) is 6.87. The van der Waals surface area contributed by atoms with Crippen LogP contribution in [-0.2, 0) is 0 Å². The molecule has 1 fully saturated rings. The molecule has 1 atom stereocenters. The molecule has 1 aliphatic rings. The molecule has 1 unspecified atom stereocenters. The summed E-state index contributed by atoms with van der Waals surface area (Å²) in [6.45, 7) is 3.43. The molecule has 1 aromatic carbocycles. The van der Waals surface area contributed by atoms with Gasteiger partial charge < -0.3 is 14.8 Å². The third kappa shape index (κ3) is 4.92. The van der Waals surface area contributed by atoms with Gasteiger partial charge in [0.15, 0.2) is 11.5 Å². The Morgan fingerprint density at radius 2 is 1.81 bits per heavy atom. The van der Waals surface area contributed by atoms with Crippen molar-refractivity contribution >= 4 is 0 Å². The molecule has 3 heteroatoms. The van der Waals surface area contributed by atoms with Gasteiger partial charge in [0.2, 0.25) is 0 Å². The maximum Gasteiger partial charge on any atom is 0.161 e. The molecule has 0 heterocycles. The molecule has 0 radical (unpaired) electrons. The van der Waals surface area contributed by atoms with E-state index in [1.807, 2.05) is 31.2 Å². The summed E-state index contributed by atoms with van der Waals surface area (Å²) in [5.41, 5.74) is 0. The van der Waals surface area contributed by atoms with E-state index in [0.717, 1.165) is 30.4 Å². The molecule has 0 saturated heterocycles. The molecule has 0 spiro atoms. The molecule has 0 aliphatic heterocycles. The van der Waals surface area contributed by atoms with E-state index in [2.05, 4.69) is 12.4 Å². The fraction of sp³-hybridized carbons (Fsp3) is 0.667. The summed E-state index contributed by atoms with van der Waals surface area (Å²) in [5, 5.41) is 3.49. The van der Waals surface area contributed by atoms with Gasteiger partial charge in [0, 0.05) is 6.04 Å². The maximum atomic E-state index is 5.89. The van der Waals surface area contributed by atoms with Crippen molar-refractivity contribution in [1.29, 1.82) is 0 Å². The van der Waals surface area contributed by atoms with Crippen molar-refractivity contribution in [3.05, 3.63) is 24.3 Å². The number of benzene rings is 1. The van der Waals surface area contributed by atoms with Crippen molar-refractivity contribution in [3.8, 4) is 11.5 Å². The Morgan fingerprint density at radius 1 is 1.14 bits per heavy atom. The van der Waals surface area contributed by atoms with E-state index < -0.39 is 0 Å². The average molecular weight is 291 g/mol. The third-order valence-electron chi connectivity index (χ3n) is 4.41. The van der Waals surface area contributed by atoms with Crippen LogP contribution in [0.1, 0.15) is 45.4 Å². The molecule has 21 heavy (non-hydrogen) atoms. The van der Waals surface area contributed by atoms with Gasteiger partial charge >= 0.3 is 0 Å². The number of para-hydroxylation sites is 2. The Bertz CT molecular complexity index is 402. The number of ether oxygens (including phenoxy) is 2. The molecule has 3 nitrogen and oxygen atoms in total. The van der Waals surface area contributed by atoms with Crippen molar-refractivity contribution in [3.63, 3.8) is 0 Å².